The van der Waals surface area contributed by atoms with Gasteiger partial charge in [-0.1, -0.05) is 19.9 Å². The molecule has 17 heavy (non-hydrogen) atoms. The van der Waals surface area contributed by atoms with Crippen LogP contribution in [0.15, 0.2) is 11.6 Å². The Morgan fingerprint density at radius 3 is 2.65 bits per heavy atom. The van der Waals surface area contributed by atoms with E-state index >= 15 is 0 Å². The molecule has 0 heterocycles. The van der Waals surface area contributed by atoms with Gasteiger partial charge in [-0.25, -0.2) is 0 Å². The van der Waals surface area contributed by atoms with Crippen molar-refractivity contribution in [2.45, 2.75) is 58.7 Å². The molecular weight excluding hydrogens is 212 g/mol. The number of aliphatic hydroxyl groups is 2. The van der Waals surface area contributed by atoms with E-state index in [9.17, 15) is 10.2 Å². The zero-order valence-corrected chi connectivity index (χ0v) is 11.5. The molecular formula is C15H26O2. The molecule has 98 valence electrons. The highest BCUT2D eigenvalue weighted by molar-refractivity contribution is 5.17. The molecule has 5 atom stereocenters. The minimum absolute atomic E-state index is 0.224. The molecule has 2 aliphatic carbocycles. The van der Waals surface area contributed by atoms with Crippen LogP contribution in [0.25, 0.3) is 0 Å². The van der Waals surface area contributed by atoms with E-state index in [1.807, 2.05) is 13.8 Å². The molecule has 2 nitrogen and oxygen atoms in total. The Morgan fingerprint density at radius 2 is 2.06 bits per heavy atom. The molecule has 2 aliphatic rings. The lowest BCUT2D eigenvalue weighted by Crippen LogP contribution is -2.50. The van der Waals surface area contributed by atoms with Crippen LogP contribution in [0.5, 0.6) is 0 Å². The number of rotatable bonds is 1. The van der Waals surface area contributed by atoms with Crippen molar-refractivity contribution in [3.05, 3.63) is 11.6 Å². The van der Waals surface area contributed by atoms with Gasteiger partial charge in [-0.3, -0.25) is 0 Å². The van der Waals surface area contributed by atoms with Crippen molar-refractivity contribution in [2.24, 2.45) is 23.7 Å². The van der Waals surface area contributed by atoms with E-state index in [-0.39, 0.29) is 12.0 Å². The first-order valence-electron chi connectivity index (χ1n) is 6.91. The molecule has 2 N–H and O–H groups in total. The van der Waals surface area contributed by atoms with Gasteiger partial charge >= 0.3 is 0 Å². The van der Waals surface area contributed by atoms with Crippen molar-refractivity contribution in [2.75, 3.05) is 0 Å². The maximum Gasteiger partial charge on any atom is 0.0751 e. The third kappa shape index (κ3) is 2.30. The highest BCUT2D eigenvalue weighted by Crippen LogP contribution is 2.49. The fraction of sp³-hybridized carbons (Fsp3) is 0.867. The molecule has 2 heteroatoms. The van der Waals surface area contributed by atoms with E-state index in [1.165, 1.54) is 0 Å². The van der Waals surface area contributed by atoms with E-state index < -0.39 is 5.60 Å². The molecule has 0 radical (unpaired) electrons. The summed E-state index contributed by atoms with van der Waals surface area (Å²) >= 11 is 0. The number of hydrogen-bond donors (Lipinski definition) is 2. The highest BCUT2D eigenvalue weighted by atomic mass is 16.3. The zero-order chi connectivity index (χ0) is 12.8. The summed E-state index contributed by atoms with van der Waals surface area (Å²) in [6, 6.07) is 0. The molecule has 1 saturated carbocycles. The van der Waals surface area contributed by atoms with Crippen LogP contribution in [-0.4, -0.2) is 21.9 Å². The maximum absolute atomic E-state index is 10.5. The predicted octanol–water partition coefficient (Wildman–Crippen LogP) is 2.75. The van der Waals surface area contributed by atoms with Crippen LogP contribution in [-0.2, 0) is 0 Å². The van der Waals surface area contributed by atoms with Gasteiger partial charge < -0.3 is 10.2 Å². The summed E-state index contributed by atoms with van der Waals surface area (Å²) in [7, 11) is 0. The second kappa shape index (κ2) is 4.40. The Hall–Kier alpha value is -0.340. The minimum Gasteiger partial charge on any atom is -0.390 e. The first-order chi connectivity index (χ1) is 7.83. The zero-order valence-electron chi connectivity index (χ0n) is 11.5. The smallest absolute Gasteiger partial charge is 0.0751 e. The van der Waals surface area contributed by atoms with Crippen molar-refractivity contribution >= 4 is 0 Å². The number of aliphatic hydroxyl groups excluding tert-OH is 1. The largest absolute Gasteiger partial charge is 0.390 e. The van der Waals surface area contributed by atoms with Crippen LogP contribution in [0, 0.1) is 23.7 Å². The van der Waals surface area contributed by atoms with Crippen LogP contribution >= 0.6 is 0 Å². The van der Waals surface area contributed by atoms with Gasteiger partial charge in [-0.2, -0.15) is 0 Å². The fourth-order valence-electron chi connectivity index (χ4n) is 3.82. The van der Waals surface area contributed by atoms with Gasteiger partial charge in [0.05, 0.1) is 11.7 Å². The van der Waals surface area contributed by atoms with Crippen molar-refractivity contribution in [1.82, 2.24) is 0 Å². The van der Waals surface area contributed by atoms with E-state index in [1.54, 1.807) is 0 Å². The summed E-state index contributed by atoms with van der Waals surface area (Å²) in [6.45, 7) is 8.51. The number of fused-ring (bicyclic) bond motifs is 1. The Bertz CT molecular complexity index is 317. The molecule has 0 aromatic heterocycles. The van der Waals surface area contributed by atoms with Crippen LogP contribution in [0.2, 0.25) is 0 Å². The van der Waals surface area contributed by atoms with Crippen LogP contribution < -0.4 is 0 Å². The second-order valence-electron chi connectivity index (χ2n) is 6.65. The van der Waals surface area contributed by atoms with Gasteiger partial charge in [0.25, 0.3) is 0 Å². The summed E-state index contributed by atoms with van der Waals surface area (Å²) in [6.07, 6.45) is 4.58. The van der Waals surface area contributed by atoms with Crippen molar-refractivity contribution < 1.29 is 10.2 Å². The van der Waals surface area contributed by atoms with Gasteiger partial charge in [0.2, 0.25) is 0 Å². The summed E-state index contributed by atoms with van der Waals surface area (Å²) < 4.78 is 0. The Balaban J connectivity index is 2.32. The van der Waals surface area contributed by atoms with Crippen molar-refractivity contribution in [1.29, 1.82) is 0 Å². The molecule has 0 spiro atoms. The van der Waals surface area contributed by atoms with Gasteiger partial charge in [-0.15, -0.1) is 0 Å². The second-order valence-corrected chi connectivity index (χ2v) is 6.65. The summed E-state index contributed by atoms with van der Waals surface area (Å²) in [4.78, 5) is 0. The molecule has 0 unspecified atom stereocenters. The molecule has 0 aromatic rings. The standard InChI is InChI=1S/C15H26O2/c1-9(2)11-5-6-15(4,17)13-8-14(16)10(3)7-12(11)13/h7,9,11-14,16-17H,5-6,8H2,1-4H3/t11-,12-,13+,14+,15-/m0/s1. The molecule has 0 aliphatic heterocycles. The first kappa shape index (κ1) is 13.1. The third-order valence-electron chi connectivity index (χ3n) is 5.06. The average Bonchev–Trinajstić information content (AvgIpc) is 2.20. The minimum atomic E-state index is -0.603. The lowest BCUT2D eigenvalue weighted by molar-refractivity contribution is -0.0927. The Morgan fingerprint density at radius 1 is 1.41 bits per heavy atom. The van der Waals surface area contributed by atoms with Crippen LogP contribution in [0.3, 0.4) is 0 Å². The fourth-order valence-corrected chi connectivity index (χ4v) is 3.82. The van der Waals surface area contributed by atoms with Crippen LogP contribution in [0.1, 0.15) is 47.0 Å². The summed E-state index contributed by atoms with van der Waals surface area (Å²) in [5.41, 5.74) is 0.489. The van der Waals surface area contributed by atoms with Gasteiger partial charge in [0, 0.05) is 0 Å². The molecule has 0 aromatic carbocycles. The van der Waals surface area contributed by atoms with E-state index in [0.717, 1.165) is 24.8 Å². The topological polar surface area (TPSA) is 40.5 Å². The van der Waals surface area contributed by atoms with E-state index in [4.69, 9.17) is 0 Å². The van der Waals surface area contributed by atoms with Crippen LogP contribution in [0.4, 0.5) is 0 Å². The van der Waals surface area contributed by atoms with E-state index in [0.29, 0.717) is 17.8 Å². The first-order valence-corrected chi connectivity index (χ1v) is 6.91. The molecule has 0 amide bonds. The maximum atomic E-state index is 10.5. The van der Waals surface area contributed by atoms with Crippen molar-refractivity contribution in [3.63, 3.8) is 0 Å². The molecule has 0 bridgehead atoms. The monoisotopic (exact) mass is 238 g/mol. The summed E-state index contributed by atoms with van der Waals surface area (Å²) in [5.74, 6) is 1.98. The Labute approximate surface area is 105 Å². The lowest BCUT2D eigenvalue weighted by Gasteiger charge is -2.50. The van der Waals surface area contributed by atoms with Gasteiger partial charge in [0.15, 0.2) is 0 Å². The lowest BCUT2D eigenvalue weighted by atomic mass is 9.58. The predicted molar refractivity (Wildman–Crippen MR) is 69.5 cm³/mol. The number of hydrogen-bond acceptors (Lipinski definition) is 2. The highest BCUT2D eigenvalue weighted by Gasteiger charge is 2.47. The van der Waals surface area contributed by atoms with Crippen molar-refractivity contribution in [3.8, 4) is 0 Å². The Kier molecular flexibility index (Phi) is 3.39. The van der Waals surface area contributed by atoms with E-state index in [2.05, 4.69) is 19.9 Å². The normalized spacial score (nSPS) is 46.6. The SMILES string of the molecule is CC1=C[C@@H]2[C@@H](C[C@H]1O)[C@@](C)(O)CC[C@H]2C(C)C. The van der Waals surface area contributed by atoms with Gasteiger partial charge in [0.1, 0.15) is 0 Å². The molecule has 2 rings (SSSR count). The quantitative estimate of drug-likeness (QED) is 0.690. The molecule has 1 fully saturated rings. The average molecular weight is 238 g/mol. The summed E-state index contributed by atoms with van der Waals surface area (Å²) in [5, 5.41) is 20.5. The molecule has 0 saturated heterocycles. The third-order valence-corrected chi connectivity index (χ3v) is 5.06. The number of allylic oxidation sites excluding steroid dienone is 1. The van der Waals surface area contributed by atoms with Gasteiger partial charge in [-0.05, 0) is 62.4 Å².